The van der Waals surface area contributed by atoms with Gasteiger partial charge in [-0.2, -0.15) is 0 Å². The number of rotatable bonds is 16. The van der Waals surface area contributed by atoms with E-state index in [2.05, 4.69) is 4.90 Å². The van der Waals surface area contributed by atoms with E-state index in [-0.39, 0.29) is 45.2 Å². The molecule has 4 aromatic rings. The summed E-state index contributed by atoms with van der Waals surface area (Å²) in [6.45, 7) is 8.52. The molecule has 1 heterocycles. The molecule has 0 saturated carbocycles. The van der Waals surface area contributed by atoms with Gasteiger partial charge in [-0.1, -0.05) is 97.9 Å². The van der Waals surface area contributed by atoms with Crippen molar-refractivity contribution in [3.63, 3.8) is 0 Å². The molecule has 4 unspecified atom stereocenters. The first-order valence-corrected chi connectivity index (χ1v) is 18.7. The van der Waals surface area contributed by atoms with Crippen LogP contribution in [0.4, 0.5) is 13.6 Å². The highest BCUT2D eigenvalue weighted by Gasteiger charge is 2.44. The first-order valence-electron chi connectivity index (χ1n) is 18.7. The topological polar surface area (TPSA) is 77.5 Å². The molecule has 8 nitrogen and oxygen atoms in total. The molecule has 0 N–H and O–H groups in total. The standard InChI is InChI=1S/C44H52F2N2O6/c1-5-15-41(49)52-30-38-28-48(43(50)54-44(2,3)4)40(31-51-38)42(53-29-34-20-13-8-14-21-34)39(24-35-22-36(45)25-37(46)23-35)47(26-32-16-9-6-10-17-32)27-33-18-11-7-12-19-33/h6-14,16-23,25,38-40,42H,5,15,24,26-31H2,1-4H3. The van der Waals surface area contributed by atoms with Crippen LogP contribution >= 0.6 is 0 Å². The van der Waals surface area contributed by atoms with Crippen molar-refractivity contribution in [1.29, 1.82) is 0 Å². The fraction of sp³-hybridized carbons (Fsp3) is 0.409. The van der Waals surface area contributed by atoms with Gasteiger partial charge in [-0.3, -0.25) is 14.6 Å². The van der Waals surface area contributed by atoms with Crippen LogP contribution < -0.4 is 0 Å². The Morgan fingerprint density at radius 3 is 1.93 bits per heavy atom. The van der Waals surface area contributed by atoms with Gasteiger partial charge in [0.15, 0.2) is 0 Å². The molecule has 4 atom stereocenters. The Hall–Kier alpha value is -4.64. The van der Waals surface area contributed by atoms with Crippen LogP contribution in [-0.2, 0) is 49.9 Å². The number of halogens is 2. The maximum absolute atomic E-state index is 14.8. The summed E-state index contributed by atoms with van der Waals surface area (Å²) in [5, 5.41) is 0. The minimum absolute atomic E-state index is 0.0273. The van der Waals surface area contributed by atoms with Crippen LogP contribution in [0.15, 0.2) is 109 Å². The number of carbonyl (C=O) groups is 2. The van der Waals surface area contributed by atoms with Crippen molar-refractivity contribution in [2.45, 2.75) is 96.5 Å². The van der Waals surface area contributed by atoms with Crippen molar-refractivity contribution in [2.24, 2.45) is 0 Å². The fourth-order valence-electron chi connectivity index (χ4n) is 6.69. The summed E-state index contributed by atoms with van der Waals surface area (Å²) in [6, 6.07) is 32.0. The van der Waals surface area contributed by atoms with Crippen LogP contribution in [0, 0.1) is 11.6 Å². The van der Waals surface area contributed by atoms with Gasteiger partial charge >= 0.3 is 12.1 Å². The lowest BCUT2D eigenvalue weighted by Gasteiger charge is -2.47. The van der Waals surface area contributed by atoms with Crippen LogP contribution in [0.25, 0.3) is 0 Å². The van der Waals surface area contributed by atoms with Crippen LogP contribution in [-0.4, -0.2) is 71.5 Å². The van der Waals surface area contributed by atoms with Gasteiger partial charge in [-0.25, -0.2) is 13.6 Å². The molecular weight excluding hydrogens is 690 g/mol. The van der Waals surface area contributed by atoms with E-state index in [1.165, 1.54) is 12.1 Å². The Morgan fingerprint density at radius 1 is 0.833 bits per heavy atom. The molecule has 5 rings (SSSR count). The van der Waals surface area contributed by atoms with E-state index in [4.69, 9.17) is 18.9 Å². The molecule has 288 valence electrons. The third kappa shape index (κ3) is 12.5. The number of amides is 1. The highest BCUT2D eigenvalue weighted by molar-refractivity contribution is 5.70. The van der Waals surface area contributed by atoms with Crippen LogP contribution in [0.1, 0.15) is 62.8 Å². The molecular formula is C44H52F2N2O6. The second-order valence-electron chi connectivity index (χ2n) is 14.8. The molecule has 1 amide bonds. The first-order chi connectivity index (χ1) is 26.0. The van der Waals surface area contributed by atoms with Gasteiger partial charge in [0, 0.05) is 31.6 Å². The minimum atomic E-state index is -0.811. The molecule has 10 heteroatoms. The van der Waals surface area contributed by atoms with E-state index in [1.54, 1.807) is 25.7 Å². The number of benzene rings is 4. The largest absolute Gasteiger partial charge is 0.463 e. The number of carbonyl (C=O) groups excluding carboxylic acids is 2. The normalized spacial score (nSPS) is 17.2. The third-order valence-corrected chi connectivity index (χ3v) is 9.15. The lowest BCUT2D eigenvalue weighted by molar-refractivity contribution is -0.161. The Kier molecular flexibility index (Phi) is 14.7. The van der Waals surface area contributed by atoms with E-state index in [9.17, 15) is 18.4 Å². The number of hydrogen-bond donors (Lipinski definition) is 0. The van der Waals surface area contributed by atoms with Crippen molar-refractivity contribution < 1.29 is 37.3 Å². The van der Waals surface area contributed by atoms with E-state index in [0.29, 0.717) is 25.1 Å². The number of morpholine rings is 1. The maximum atomic E-state index is 14.8. The fourth-order valence-corrected chi connectivity index (χ4v) is 6.69. The smallest absolute Gasteiger partial charge is 0.410 e. The third-order valence-electron chi connectivity index (χ3n) is 9.15. The molecule has 0 aliphatic carbocycles. The van der Waals surface area contributed by atoms with E-state index >= 15 is 0 Å². The van der Waals surface area contributed by atoms with Crippen molar-refractivity contribution in [1.82, 2.24) is 9.80 Å². The first kappa shape index (κ1) is 40.5. The lowest BCUT2D eigenvalue weighted by Crippen LogP contribution is -2.63. The second-order valence-corrected chi connectivity index (χ2v) is 14.8. The summed E-state index contributed by atoms with van der Waals surface area (Å²) < 4.78 is 54.5. The molecule has 1 fully saturated rings. The quantitative estimate of drug-likeness (QED) is 0.107. The Morgan fingerprint density at radius 2 is 1.39 bits per heavy atom. The van der Waals surface area contributed by atoms with Gasteiger partial charge in [0.05, 0.1) is 31.9 Å². The summed E-state index contributed by atoms with van der Waals surface area (Å²) in [5.74, 6) is -1.70. The van der Waals surface area contributed by atoms with Crippen LogP contribution in [0.2, 0.25) is 0 Å². The highest BCUT2D eigenvalue weighted by atomic mass is 19.1. The second kappa shape index (κ2) is 19.6. The number of nitrogens with zero attached hydrogens (tertiary/aromatic N) is 2. The van der Waals surface area contributed by atoms with Crippen molar-refractivity contribution in [2.75, 3.05) is 19.8 Å². The predicted octanol–water partition coefficient (Wildman–Crippen LogP) is 8.51. The van der Waals surface area contributed by atoms with E-state index in [0.717, 1.165) is 22.8 Å². The lowest BCUT2D eigenvalue weighted by atomic mass is 9.92. The number of hydrogen-bond acceptors (Lipinski definition) is 7. The SMILES string of the molecule is CCCC(=O)OCC1CN(C(=O)OC(C)(C)C)C(C(OCc2ccccc2)C(Cc2cc(F)cc(F)c2)N(Cc2ccccc2)Cc2ccccc2)CO1. The average molecular weight is 743 g/mol. The molecule has 0 aromatic heterocycles. The number of ether oxygens (including phenoxy) is 4. The summed E-state index contributed by atoms with van der Waals surface area (Å²) in [5.41, 5.74) is 2.61. The maximum Gasteiger partial charge on any atom is 0.410 e. The monoisotopic (exact) mass is 742 g/mol. The van der Waals surface area contributed by atoms with Crippen LogP contribution in [0.3, 0.4) is 0 Å². The zero-order valence-corrected chi connectivity index (χ0v) is 31.7. The highest BCUT2D eigenvalue weighted by Crippen LogP contribution is 2.30. The Labute approximate surface area is 318 Å². The molecule has 1 saturated heterocycles. The van der Waals surface area contributed by atoms with Crippen molar-refractivity contribution >= 4 is 12.1 Å². The molecule has 54 heavy (non-hydrogen) atoms. The summed E-state index contributed by atoms with van der Waals surface area (Å²) in [6.07, 6.45) is -0.825. The Bertz CT molecular complexity index is 1690. The molecule has 0 spiro atoms. The average Bonchev–Trinajstić information content (AvgIpc) is 3.14. The van der Waals surface area contributed by atoms with E-state index in [1.807, 2.05) is 97.9 Å². The minimum Gasteiger partial charge on any atom is -0.463 e. The molecule has 1 aliphatic rings. The van der Waals surface area contributed by atoms with E-state index < -0.39 is 47.6 Å². The van der Waals surface area contributed by atoms with Gasteiger partial charge in [0.25, 0.3) is 0 Å². The van der Waals surface area contributed by atoms with Gasteiger partial charge in [0.1, 0.15) is 29.9 Å². The van der Waals surface area contributed by atoms with Gasteiger partial charge in [0.2, 0.25) is 0 Å². The van der Waals surface area contributed by atoms with Crippen LogP contribution in [0.5, 0.6) is 0 Å². The molecule has 1 aliphatic heterocycles. The van der Waals surface area contributed by atoms with Gasteiger partial charge in [-0.05, 0) is 68.0 Å². The zero-order chi connectivity index (χ0) is 38.5. The Balaban J connectivity index is 1.61. The predicted molar refractivity (Wildman–Crippen MR) is 203 cm³/mol. The van der Waals surface area contributed by atoms with Gasteiger partial charge in [-0.15, -0.1) is 0 Å². The van der Waals surface area contributed by atoms with Crippen molar-refractivity contribution in [3.8, 4) is 0 Å². The summed E-state index contributed by atoms with van der Waals surface area (Å²) in [4.78, 5) is 30.3. The summed E-state index contributed by atoms with van der Waals surface area (Å²) >= 11 is 0. The number of esters is 1. The van der Waals surface area contributed by atoms with Crippen molar-refractivity contribution in [3.05, 3.63) is 143 Å². The summed E-state index contributed by atoms with van der Waals surface area (Å²) in [7, 11) is 0. The van der Waals surface area contributed by atoms with Gasteiger partial charge < -0.3 is 18.9 Å². The molecule has 4 aromatic carbocycles. The molecule has 0 bridgehead atoms. The zero-order valence-electron chi connectivity index (χ0n) is 31.7. The molecule has 0 radical (unpaired) electrons.